The van der Waals surface area contributed by atoms with Gasteiger partial charge in [-0.25, -0.2) is 0 Å². The average Bonchev–Trinajstić information content (AvgIpc) is 3.18. The number of nitrogens with zero attached hydrogens (tertiary/aromatic N) is 3. The molecule has 0 unspecified atom stereocenters. The van der Waals surface area contributed by atoms with Crippen molar-refractivity contribution in [3.8, 4) is 11.6 Å². The molecule has 1 aliphatic carbocycles. The second-order valence-corrected chi connectivity index (χ2v) is 5.16. The lowest BCUT2D eigenvalue weighted by atomic mass is 9.96. The lowest BCUT2D eigenvalue weighted by Gasteiger charge is -2.07. The Labute approximate surface area is 110 Å². The van der Waals surface area contributed by atoms with Crippen molar-refractivity contribution in [2.75, 3.05) is 13.2 Å². The Kier molecular flexibility index (Phi) is 2.61. The Balaban J connectivity index is 1.67. The standard InChI is InChI=1S/C13H15N3O3/c1-2-4-10-9(3-1)11(15-18-10)13-14-12(16-19-13)8-5-6-17-7-8/h8H,1-7H2/t8-/m1/s1. The first kappa shape index (κ1) is 11.2. The molecule has 3 heterocycles. The van der Waals surface area contributed by atoms with E-state index in [2.05, 4.69) is 15.3 Å². The van der Waals surface area contributed by atoms with E-state index in [1.165, 1.54) is 6.42 Å². The molecule has 2 aliphatic rings. The van der Waals surface area contributed by atoms with Crippen LogP contribution in [-0.2, 0) is 17.6 Å². The summed E-state index contributed by atoms with van der Waals surface area (Å²) < 4.78 is 16.1. The SMILES string of the molecule is C1CCc2c(-c3nc([C@@H]4CCOC4)no3)noc2C1. The van der Waals surface area contributed by atoms with E-state index < -0.39 is 0 Å². The van der Waals surface area contributed by atoms with Crippen LogP contribution in [0.2, 0.25) is 0 Å². The molecule has 6 nitrogen and oxygen atoms in total. The van der Waals surface area contributed by atoms with Crippen molar-refractivity contribution in [2.24, 2.45) is 0 Å². The van der Waals surface area contributed by atoms with Crippen molar-refractivity contribution >= 4 is 0 Å². The van der Waals surface area contributed by atoms with Crippen molar-refractivity contribution < 1.29 is 13.8 Å². The number of aryl methyl sites for hydroxylation is 1. The molecule has 1 fully saturated rings. The molecule has 100 valence electrons. The number of hydrogen-bond donors (Lipinski definition) is 0. The van der Waals surface area contributed by atoms with E-state index in [9.17, 15) is 0 Å². The third-order valence-corrected chi connectivity index (χ3v) is 3.89. The van der Waals surface area contributed by atoms with Gasteiger partial charge in [-0.15, -0.1) is 0 Å². The molecule has 0 aromatic carbocycles. The zero-order chi connectivity index (χ0) is 12.7. The first-order chi connectivity index (χ1) is 9.42. The van der Waals surface area contributed by atoms with Crippen molar-refractivity contribution in [3.63, 3.8) is 0 Å². The van der Waals surface area contributed by atoms with E-state index in [0.717, 1.165) is 55.1 Å². The van der Waals surface area contributed by atoms with Crippen LogP contribution in [0.3, 0.4) is 0 Å². The molecule has 0 saturated carbocycles. The molecule has 0 radical (unpaired) electrons. The predicted octanol–water partition coefficient (Wildman–Crippen LogP) is 2.11. The fourth-order valence-corrected chi connectivity index (χ4v) is 2.79. The van der Waals surface area contributed by atoms with Crippen LogP contribution in [0, 0.1) is 0 Å². The summed E-state index contributed by atoms with van der Waals surface area (Å²) in [4.78, 5) is 4.46. The van der Waals surface area contributed by atoms with E-state index in [0.29, 0.717) is 12.5 Å². The van der Waals surface area contributed by atoms with Gasteiger partial charge in [-0.05, 0) is 25.7 Å². The van der Waals surface area contributed by atoms with Crippen LogP contribution in [0.5, 0.6) is 0 Å². The van der Waals surface area contributed by atoms with Crippen LogP contribution in [-0.4, -0.2) is 28.5 Å². The zero-order valence-corrected chi connectivity index (χ0v) is 10.6. The smallest absolute Gasteiger partial charge is 0.280 e. The lowest BCUT2D eigenvalue weighted by Crippen LogP contribution is -2.01. The van der Waals surface area contributed by atoms with Crippen LogP contribution in [0.15, 0.2) is 9.05 Å². The molecule has 19 heavy (non-hydrogen) atoms. The fraction of sp³-hybridized carbons (Fsp3) is 0.615. The Morgan fingerprint density at radius 3 is 2.89 bits per heavy atom. The zero-order valence-electron chi connectivity index (χ0n) is 10.6. The molecule has 0 amide bonds. The number of fused-ring (bicyclic) bond motifs is 1. The minimum Gasteiger partial charge on any atom is -0.381 e. The maximum absolute atomic E-state index is 5.37. The van der Waals surface area contributed by atoms with Crippen LogP contribution in [0.1, 0.15) is 42.3 Å². The Hall–Kier alpha value is -1.69. The summed E-state index contributed by atoms with van der Waals surface area (Å²) in [6.45, 7) is 1.45. The Morgan fingerprint density at radius 2 is 2.00 bits per heavy atom. The quantitative estimate of drug-likeness (QED) is 0.824. The van der Waals surface area contributed by atoms with Crippen molar-refractivity contribution in [1.29, 1.82) is 0 Å². The highest BCUT2D eigenvalue weighted by Crippen LogP contribution is 2.31. The van der Waals surface area contributed by atoms with Gasteiger partial charge >= 0.3 is 0 Å². The van der Waals surface area contributed by atoms with Gasteiger partial charge in [0, 0.05) is 24.5 Å². The van der Waals surface area contributed by atoms with Crippen LogP contribution in [0.25, 0.3) is 11.6 Å². The summed E-state index contributed by atoms with van der Waals surface area (Å²) in [5, 5.41) is 8.16. The average molecular weight is 261 g/mol. The molecule has 0 spiro atoms. The van der Waals surface area contributed by atoms with E-state index in [4.69, 9.17) is 13.8 Å². The molecule has 2 aromatic rings. The van der Waals surface area contributed by atoms with Gasteiger partial charge in [-0.1, -0.05) is 10.3 Å². The fourth-order valence-electron chi connectivity index (χ4n) is 2.79. The number of aromatic nitrogens is 3. The Morgan fingerprint density at radius 1 is 1.05 bits per heavy atom. The van der Waals surface area contributed by atoms with Gasteiger partial charge in [0.2, 0.25) is 0 Å². The molecule has 1 aliphatic heterocycles. The van der Waals surface area contributed by atoms with Crippen LogP contribution >= 0.6 is 0 Å². The topological polar surface area (TPSA) is 74.2 Å². The molecule has 2 aromatic heterocycles. The minimum absolute atomic E-state index is 0.250. The van der Waals surface area contributed by atoms with Gasteiger partial charge in [0.05, 0.1) is 6.61 Å². The van der Waals surface area contributed by atoms with Gasteiger partial charge in [0.15, 0.2) is 11.5 Å². The molecular weight excluding hydrogens is 246 g/mol. The van der Waals surface area contributed by atoms with Crippen LogP contribution in [0.4, 0.5) is 0 Å². The molecule has 6 heteroatoms. The third-order valence-electron chi connectivity index (χ3n) is 3.89. The molecule has 0 bridgehead atoms. The van der Waals surface area contributed by atoms with E-state index in [1.807, 2.05) is 0 Å². The monoisotopic (exact) mass is 261 g/mol. The maximum atomic E-state index is 5.37. The van der Waals surface area contributed by atoms with Crippen LogP contribution < -0.4 is 0 Å². The largest absolute Gasteiger partial charge is 0.381 e. The Bertz CT molecular complexity index is 584. The van der Waals surface area contributed by atoms with E-state index in [-0.39, 0.29) is 5.92 Å². The van der Waals surface area contributed by atoms with E-state index in [1.54, 1.807) is 0 Å². The van der Waals surface area contributed by atoms with Crippen molar-refractivity contribution in [2.45, 2.75) is 38.0 Å². The summed E-state index contributed by atoms with van der Waals surface area (Å²) in [5.41, 5.74) is 1.87. The highest BCUT2D eigenvalue weighted by molar-refractivity contribution is 5.54. The number of rotatable bonds is 2. The molecule has 4 rings (SSSR count). The molecule has 1 atom stereocenters. The van der Waals surface area contributed by atoms with Gasteiger partial charge < -0.3 is 13.8 Å². The highest BCUT2D eigenvalue weighted by atomic mass is 16.5. The molecular formula is C13H15N3O3. The lowest BCUT2D eigenvalue weighted by molar-refractivity contribution is 0.192. The minimum atomic E-state index is 0.250. The summed E-state index contributed by atoms with van der Waals surface area (Å²) in [6, 6.07) is 0. The van der Waals surface area contributed by atoms with E-state index >= 15 is 0 Å². The molecule has 1 saturated heterocycles. The van der Waals surface area contributed by atoms with Gasteiger partial charge in [-0.2, -0.15) is 4.98 Å². The molecule has 0 N–H and O–H groups in total. The summed E-state index contributed by atoms with van der Waals surface area (Å²) in [5.74, 6) is 2.43. The highest BCUT2D eigenvalue weighted by Gasteiger charge is 2.27. The van der Waals surface area contributed by atoms with Gasteiger partial charge in [0.1, 0.15) is 5.76 Å². The predicted molar refractivity (Wildman–Crippen MR) is 64.6 cm³/mol. The van der Waals surface area contributed by atoms with Gasteiger partial charge in [-0.3, -0.25) is 0 Å². The first-order valence-corrected chi connectivity index (χ1v) is 6.81. The first-order valence-electron chi connectivity index (χ1n) is 6.81. The van der Waals surface area contributed by atoms with Crippen molar-refractivity contribution in [3.05, 3.63) is 17.1 Å². The second-order valence-electron chi connectivity index (χ2n) is 5.16. The number of ether oxygens (including phenoxy) is 1. The second kappa shape index (κ2) is 4.45. The maximum Gasteiger partial charge on any atom is 0.280 e. The van der Waals surface area contributed by atoms with Crippen molar-refractivity contribution in [1.82, 2.24) is 15.3 Å². The summed E-state index contributed by atoms with van der Waals surface area (Å²) in [6.07, 6.45) is 5.23. The summed E-state index contributed by atoms with van der Waals surface area (Å²) in [7, 11) is 0. The summed E-state index contributed by atoms with van der Waals surface area (Å²) >= 11 is 0. The number of hydrogen-bond acceptors (Lipinski definition) is 6. The third kappa shape index (κ3) is 1.87. The normalized spacial score (nSPS) is 22.6. The van der Waals surface area contributed by atoms with Gasteiger partial charge in [0.25, 0.3) is 5.89 Å².